The first kappa shape index (κ1) is 12.9. The third kappa shape index (κ3) is 2.12. The summed E-state index contributed by atoms with van der Waals surface area (Å²) in [5.41, 5.74) is 10.1. The summed E-state index contributed by atoms with van der Waals surface area (Å²) in [5, 5.41) is 4.67. The predicted octanol–water partition coefficient (Wildman–Crippen LogP) is 4.19. The number of rotatable bonds is 2. The van der Waals surface area contributed by atoms with Gasteiger partial charge in [-0.05, 0) is 25.1 Å². The van der Waals surface area contributed by atoms with E-state index in [0.29, 0.717) is 5.82 Å². The van der Waals surface area contributed by atoms with E-state index in [9.17, 15) is 0 Å². The Labute approximate surface area is 126 Å². The first-order valence-electron chi connectivity index (χ1n) is 6.34. The highest BCUT2D eigenvalue weighted by Crippen LogP contribution is 2.32. The van der Waals surface area contributed by atoms with E-state index >= 15 is 0 Å². The van der Waals surface area contributed by atoms with Crippen molar-refractivity contribution < 1.29 is 0 Å². The lowest BCUT2D eigenvalue weighted by Crippen LogP contribution is -2.01. The zero-order chi connectivity index (χ0) is 14.1. The maximum absolute atomic E-state index is 6.21. The van der Waals surface area contributed by atoms with Gasteiger partial charge in [-0.25, -0.2) is 4.68 Å². The number of benzene rings is 2. The van der Waals surface area contributed by atoms with Crippen LogP contribution in [-0.2, 0) is 0 Å². The number of halogens is 1. The van der Waals surface area contributed by atoms with Crippen LogP contribution in [0.25, 0.3) is 16.9 Å². The molecule has 0 atom stereocenters. The molecular weight excluding hydrogens is 314 g/mol. The fraction of sp³-hybridized carbons (Fsp3) is 0.0625. The summed E-state index contributed by atoms with van der Waals surface area (Å²) < 4.78 is 2.80. The minimum Gasteiger partial charge on any atom is -0.383 e. The SMILES string of the molecule is Cc1c(-c2ccccc2Br)nn(-c2ccccc2)c1N. The van der Waals surface area contributed by atoms with Crippen LogP contribution in [0.5, 0.6) is 0 Å². The Morgan fingerprint density at radius 3 is 2.35 bits per heavy atom. The first-order valence-corrected chi connectivity index (χ1v) is 7.13. The number of nitrogens with two attached hydrogens (primary N) is 1. The number of nitrogen functional groups attached to an aromatic ring is 1. The van der Waals surface area contributed by atoms with Gasteiger partial charge in [-0.2, -0.15) is 5.10 Å². The fourth-order valence-electron chi connectivity index (χ4n) is 2.18. The fourth-order valence-corrected chi connectivity index (χ4v) is 2.66. The minimum absolute atomic E-state index is 0.668. The van der Waals surface area contributed by atoms with E-state index in [0.717, 1.165) is 27.0 Å². The minimum atomic E-state index is 0.668. The molecule has 2 aromatic carbocycles. The quantitative estimate of drug-likeness (QED) is 0.766. The van der Waals surface area contributed by atoms with E-state index in [4.69, 9.17) is 5.73 Å². The molecule has 0 aliphatic heterocycles. The van der Waals surface area contributed by atoms with Crippen LogP contribution < -0.4 is 5.73 Å². The van der Waals surface area contributed by atoms with E-state index in [1.807, 2.05) is 61.5 Å². The lowest BCUT2D eigenvalue weighted by Gasteiger charge is -2.03. The second-order valence-electron chi connectivity index (χ2n) is 4.59. The Hall–Kier alpha value is -2.07. The summed E-state index contributed by atoms with van der Waals surface area (Å²) in [5.74, 6) is 0.668. The molecular formula is C16H14BrN3. The van der Waals surface area contributed by atoms with Crippen LogP contribution in [0, 0.1) is 6.92 Å². The topological polar surface area (TPSA) is 43.8 Å². The van der Waals surface area contributed by atoms with Gasteiger partial charge < -0.3 is 5.73 Å². The molecule has 2 N–H and O–H groups in total. The van der Waals surface area contributed by atoms with Gasteiger partial charge in [0, 0.05) is 15.6 Å². The molecule has 0 bridgehead atoms. The van der Waals surface area contributed by atoms with Crippen molar-refractivity contribution in [2.24, 2.45) is 0 Å². The summed E-state index contributed by atoms with van der Waals surface area (Å²) in [6, 6.07) is 17.9. The van der Waals surface area contributed by atoms with Crippen molar-refractivity contribution in [2.75, 3.05) is 5.73 Å². The Balaban J connectivity index is 2.19. The van der Waals surface area contributed by atoms with E-state index in [2.05, 4.69) is 21.0 Å². The molecule has 3 nitrogen and oxygen atoms in total. The number of hydrogen-bond donors (Lipinski definition) is 1. The van der Waals surface area contributed by atoms with E-state index in [1.54, 1.807) is 4.68 Å². The molecule has 0 aliphatic carbocycles. The Bertz CT molecular complexity index is 748. The number of para-hydroxylation sites is 1. The molecule has 0 spiro atoms. The summed E-state index contributed by atoms with van der Waals surface area (Å²) in [6.07, 6.45) is 0. The number of nitrogens with zero attached hydrogens (tertiary/aromatic N) is 2. The second kappa shape index (κ2) is 5.13. The first-order chi connectivity index (χ1) is 9.68. The van der Waals surface area contributed by atoms with Gasteiger partial charge >= 0.3 is 0 Å². The molecule has 0 saturated heterocycles. The zero-order valence-electron chi connectivity index (χ0n) is 11.0. The van der Waals surface area contributed by atoms with Gasteiger partial charge in [0.15, 0.2) is 0 Å². The molecule has 1 aromatic heterocycles. The molecule has 3 aromatic rings. The molecule has 0 aliphatic rings. The third-order valence-electron chi connectivity index (χ3n) is 3.30. The zero-order valence-corrected chi connectivity index (χ0v) is 12.6. The number of anilines is 1. The van der Waals surface area contributed by atoms with Crippen molar-refractivity contribution in [1.29, 1.82) is 0 Å². The van der Waals surface area contributed by atoms with Gasteiger partial charge in [0.05, 0.1) is 11.4 Å². The van der Waals surface area contributed by atoms with Crippen molar-refractivity contribution in [3.63, 3.8) is 0 Å². The molecule has 0 amide bonds. The average Bonchev–Trinajstić information content (AvgIpc) is 2.77. The maximum Gasteiger partial charge on any atom is 0.130 e. The van der Waals surface area contributed by atoms with Crippen LogP contribution in [0.1, 0.15) is 5.56 Å². The maximum atomic E-state index is 6.21. The van der Waals surface area contributed by atoms with Gasteiger partial charge in [0.2, 0.25) is 0 Å². The highest BCUT2D eigenvalue weighted by atomic mass is 79.9. The normalized spacial score (nSPS) is 10.7. The van der Waals surface area contributed by atoms with Crippen molar-refractivity contribution in [1.82, 2.24) is 9.78 Å². The van der Waals surface area contributed by atoms with Crippen LogP contribution >= 0.6 is 15.9 Å². The lowest BCUT2D eigenvalue weighted by molar-refractivity contribution is 0.895. The predicted molar refractivity (Wildman–Crippen MR) is 85.8 cm³/mol. The molecule has 100 valence electrons. The van der Waals surface area contributed by atoms with Crippen molar-refractivity contribution in [3.8, 4) is 16.9 Å². The summed E-state index contributed by atoms with van der Waals surface area (Å²) >= 11 is 3.57. The van der Waals surface area contributed by atoms with Gasteiger partial charge in [0.1, 0.15) is 5.82 Å². The van der Waals surface area contributed by atoms with E-state index in [1.165, 1.54) is 0 Å². The Morgan fingerprint density at radius 1 is 1.00 bits per heavy atom. The van der Waals surface area contributed by atoms with Gasteiger partial charge in [-0.15, -0.1) is 0 Å². The highest BCUT2D eigenvalue weighted by Gasteiger charge is 2.16. The molecule has 1 heterocycles. The van der Waals surface area contributed by atoms with Gasteiger partial charge in [-0.1, -0.05) is 52.3 Å². The van der Waals surface area contributed by atoms with Crippen molar-refractivity contribution in [2.45, 2.75) is 6.92 Å². The lowest BCUT2D eigenvalue weighted by atomic mass is 10.1. The smallest absolute Gasteiger partial charge is 0.130 e. The number of hydrogen-bond acceptors (Lipinski definition) is 2. The number of aromatic nitrogens is 2. The van der Waals surface area contributed by atoms with Crippen LogP contribution in [0.15, 0.2) is 59.1 Å². The van der Waals surface area contributed by atoms with Gasteiger partial charge in [-0.3, -0.25) is 0 Å². The molecule has 0 saturated carbocycles. The van der Waals surface area contributed by atoms with Crippen molar-refractivity contribution in [3.05, 3.63) is 64.6 Å². The van der Waals surface area contributed by atoms with E-state index in [-0.39, 0.29) is 0 Å². The van der Waals surface area contributed by atoms with E-state index < -0.39 is 0 Å². The molecule has 20 heavy (non-hydrogen) atoms. The summed E-state index contributed by atoms with van der Waals surface area (Å²) in [4.78, 5) is 0. The second-order valence-corrected chi connectivity index (χ2v) is 5.44. The Kier molecular flexibility index (Phi) is 3.32. The average molecular weight is 328 g/mol. The monoisotopic (exact) mass is 327 g/mol. The van der Waals surface area contributed by atoms with Crippen LogP contribution in [0.3, 0.4) is 0 Å². The summed E-state index contributed by atoms with van der Waals surface area (Å²) in [6.45, 7) is 2.00. The molecule has 3 rings (SSSR count). The standard InChI is InChI=1S/C16H14BrN3/c1-11-15(13-9-5-6-10-14(13)17)19-20(16(11)18)12-7-3-2-4-8-12/h2-10H,18H2,1H3. The molecule has 0 unspecified atom stereocenters. The van der Waals surface area contributed by atoms with Crippen LogP contribution in [0.2, 0.25) is 0 Å². The highest BCUT2D eigenvalue weighted by molar-refractivity contribution is 9.10. The molecule has 0 radical (unpaired) electrons. The van der Waals surface area contributed by atoms with Gasteiger partial charge in [0.25, 0.3) is 0 Å². The largest absolute Gasteiger partial charge is 0.383 e. The summed E-state index contributed by atoms with van der Waals surface area (Å²) in [7, 11) is 0. The van der Waals surface area contributed by atoms with Crippen LogP contribution in [-0.4, -0.2) is 9.78 Å². The van der Waals surface area contributed by atoms with Crippen LogP contribution in [0.4, 0.5) is 5.82 Å². The molecule has 4 heteroatoms. The third-order valence-corrected chi connectivity index (χ3v) is 3.99. The Morgan fingerprint density at radius 2 is 1.65 bits per heavy atom. The molecule has 0 fully saturated rings. The van der Waals surface area contributed by atoms with Crippen molar-refractivity contribution >= 4 is 21.7 Å².